The van der Waals surface area contributed by atoms with Crippen molar-refractivity contribution in [1.29, 1.82) is 0 Å². The standard InChI is InChI=1S/C9H9ClN4/c10-7-4-12-13-9-8(7)11-5-14(9)6-2-1-3-6/h4-6H,1-3H2. The second-order valence-corrected chi connectivity index (χ2v) is 4.01. The van der Waals surface area contributed by atoms with Gasteiger partial charge in [-0.15, -0.1) is 5.10 Å². The van der Waals surface area contributed by atoms with Gasteiger partial charge in [-0.3, -0.25) is 0 Å². The summed E-state index contributed by atoms with van der Waals surface area (Å²) in [7, 11) is 0. The van der Waals surface area contributed by atoms with Gasteiger partial charge in [0.25, 0.3) is 0 Å². The van der Waals surface area contributed by atoms with E-state index in [0.717, 1.165) is 11.2 Å². The third-order valence-electron chi connectivity index (χ3n) is 2.79. The van der Waals surface area contributed by atoms with Crippen LogP contribution >= 0.6 is 11.6 Å². The molecule has 5 heteroatoms. The average molecular weight is 209 g/mol. The lowest BCUT2D eigenvalue weighted by Crippen LogP contribution is -2.16. The zero-order valence-electron chi connectivity index (χ0n) is 7.52. The van der Waals surface area contributed by atoms with Crippen molar-refractivity contribution in [3.63, 3.8) is 0 Å². The SMILES string of the molecule is Clc1cnnc2c1ncn2C1CCC1. The molecule has 0 aliphatic heterocycles. The molecule has 0 unspecified atom stereocenters. The highest BCUT2D eigenvalue weighted by Crippen LogP contribution is 2.33. The van der Waals surface area contributed by atoms with Crippen molar-refractivity contribution in [1.82, 2.24) is 19.7 Å². The highest BCUT2D eigenvalue weighted by Gasteiger charge is 2.22. The van der Waals surface area contributed by atoms with Crippen molar-refractivity contribution >= 4 is 22.8 Å². The van der Waals surface area contributed by atoms with Crippen molar-refractivity contribution in [2.24, 2.45) is 0 Å². The summed E-state index contributed by atoms with van der Waals surface area (Å²) in [5.74, 6) is 0. The third-order valence-corrected chi connectivity index (χ3v) is 3.06. The molecule has 4 nitrogen and oxygen atoms in total. The molecule has 2 aromatic heterocycles. The lowest BCUT2D eigenvalue weighted by atomic mass is 9.93. The summed E-state index contributed by atoms with van der Waals surface area (Å²) >= 11 is 5.96. The Hall–Kier alpha value is -1.16. The molecule has 0 spiro atoms. The average Bonchev–Trinajstić information content (AvgIpc) is 2.48. The Morgan fingerprint density at radius 2 is 2.29 bits per heavy atom. The van der Waals surface area contributed by atoms with Gasteiger partial charge in [0.05, 0.1) is 17.5 Å². The fourth-order valence-corrected chi connectivity index (χ4v) is 1.93. The van der Waals surface area contributed by atoms with Crippen LogP contribution in [0.2, 0.25) is 5.02 Å². The van der Waals surface area contributed by atoms with Crippen molar-refractivity contribution < 1.29 is 0 Å². The minimum atomic E-state index is 0.549. The van der Waals surface area contributed by atoms with Gasteiger partial charge >= 0.3 is 0 Å². The van der Waals surface area contributed by atoms with Gasteiger partial charge in [-0.2, -0.15) is 5.10 Å². The fraction of sp³-hybridized carbons (Fsp3) is 0.444. The van der Waals surface area contributed by atoms with Crippen LogP contribution in [0.25, 0.3) is 11.2 Å². The molecule has 2 heterocycles. The molecule has 0 radical (unpaired) electrons. The van der Waals surface area contributed by atoms with Crippen molar-refractivity contribution in [3.8, 4) is 0 Å². The molecule has 72 valence electrons. The Kier molecular flexibility index (Phi) is 1.70. The Labute approximate surface area is 85.9 Å². The smallest absolute Gasteiger partial charge is 0.184 e. The molecule has 1 aliphatic rings. The van der Waals surface area contributed by atoms with Crippen LogP contribution in [0.4, 0.5) is 0 Å². The van der Waals surface area contributed by atoms with E-state index in [1.54, 1.807) is 0 Å². The molecule has 2 aromatic rings. The zero-order valence-corrected chi connectivity index (χ0v) is 8.28. The predicted molar refractivity (Wildman–Crippen MR) is 53.2 cm³/mol. The van der Waals surface area contributed by atoms with Gasteiger partial charge in [-0.05, 0) is 19.3 Å². The highest BCUT2D eigenvalue weighted by atomic mass is 35.5. The van der Waals surface area contributed by atoms with Crippen molar-refractivity contribution in [3.05, 3.63) is 17.5 Å². The van der Waals surface area contributed by atoms with Gasteiger partial charge in [-0.25, -0.2) is 4.98 Å². The first kappa shape index (κ1) is 8.17. The van der Waals surface area contributed by atoms with E-state index in [1.807, 2.05) is 6.33 Å². The minimum absolute atomic E-state index is 0.549. The second-order valence-electron chi connectivity index (χ2n) is 3.60. The number of hydrogen-bond donors (Lipinski definition) is 0. The first-order valence-corrected chi connectivity index (χ1v) is 5.08. The van der Waals surface area contributed by atoms with Crippen LogP contribution in [-0.4, -0.2) is 19.7 Å². The zero-order chi connectivity index (χ0) is 9.54. The third kappa shape index (κ3) is 1.04. The van der Waals surface area contributed by atoms with Crippen LogP contribution in [0.1, 0.15) is 25.3 Å². The summed E-state index contributed by atoms with van der Waals surface area (Å²) in [6.45, 7) is 0. The molecular weight excluding hydrogens is 200 g/mol. The van der Waals surface area contributed by atoms with E-state index in [2.05, 4.69) is 19.7 Å². The number of aromatic nitrogens is 4. The largest absolute Gasteiger partial charge is 0.311 e. The summed E-state index contributed by atoms with van der Waals surface area (Å²) in [5, 5.41) is 8.49. The summed E-state index contributed by atoms with van der Waals surface area (Å²) in [6.07, 6.45) is 7.05. The molecule has 1 saturated carbocycles. The van der Waals surface area contributed by atoms with Crippen molar-refractivity contribution in [2.45, 2.75) is 25.3 Å². The maximum Gasteiger partial charge on any atom is 0.184 e. The molecule has 0 aromatic carbocycles. The Balaban J connectivity index is 2.20. The van der Waals surface area contributed by atoms with E-state index in [4.69, 9.17) is 11.6 Å². The Morgan fingerprint density at radius 3 is 3.00 bits per heavy atom. The Bertz CT molecular complexity index is 475. The first-order valence-electron chi connectivity index (χ1n) is 4.70. The molecule has 0 saturated heterocycles. The van der Waals surface area contributed by atoms with Gasteiger partial charge < -0.3 is 4.57 Å². The molecule has 1 fully saturated rings. The van der Waals surface area contributed by atoms with E-state index >= 15 is 0 Å². The summed E-state index contributed by atoms with van der Waals surface area (Å²) in [4.78, 5) is 4.25. The molecule has 0 atom stereocenters. The maximum atomic E-state index is 5.96. The fourth-order valence-electron chi connectivity index (χ4n) is 1.75. The quantitative estimate of drug-likeness (QED) is 0.722. The number of rotatable bonds is 1. The van der Waals surface area contributed by atoms with Gasteiger partial charge in [0.1, 0.15) is 5.52 Å². The molecule has 1 aliphatic carbocycles. The lowest BCUT2D eigenvalue weighted by Gasteiger charge is -2.26. The predicted octanol–water partition coefficient (Wildman–Crippen LogP) is 2.20. The van der Waals surface area contributed by atoms with Crippen LogP contribution in [0.15, 0.2) is 12.5 Å². The topological polar surface area (TPSA) is 43.6 Å². The summed E-state index contributed by atoms with van der Waals surface area (Å²) < 4.78 is 2.08. The monoisotopic (exact) mass is 208 g/mol. The van der Waals surface area contributed by atoms with E-state index in [0.29, 0.717) is 11.1 Å². The molecule has 14 heavy (non-hydrogen) atoms. The van der Waals surface area contributed by atoms with Gasteiger partial charge in [0.15, 0.2) is 5.65 Å². The number of hydrogen-bond acceptors (Lipinski definition) is 3. The first-order chi connectivity index (χ1) is 6.86. The number of fused-ring (bicyclic) bond motifs is 1. The molecule has 3 rings (SSSR count). The van der Waals surface area contributed by atoms with Crippen LogP contribution < -0.4 is 0 Å². The Morgan fingerprint density at radius 1 is 1.43 bits per heavy atom. The highest BCUT2D eigenvalue weighted by molar-refractivity contribution is 6.34. The summed E-state index contributed by atoms with van der Waals surface area (Å²) in [5.41, 5.74) is 1.57. The number of halogens is 1. The van der Waals surface area contributed by atoms with Crippen molar-refractivity contribution in [2.75, 3.05) is 0 Å². The minimum Gasteiger partial charge on any atom is -0.311 e. The summed E-state index contributed by atoms with van der Waals surface area (Å²) in [6, 6.07) is 0.549. The van der Waals surface area contributed by atoms with Gasteiger partial charge in [0, 0.05) is 6.04 Å². The van der Waals surface area contributed by atoms with Crippen LogP contribution in [0, 0.1) is 0 Å². The van der Waals surface area contributed by atoms with Crippen LogP contribution in [0.3, 0.4) is 0 Å². The van der Waals surface area contributed by atoms with E-state index < -0.39 is 0 Å². The molecule has 0 bridgehead atoms. The van der Waals surface area contributed by atoms with Gasteiger partial charge in [0.2, 0.25) is 0 Å². The normalized spacial score (nSPS) is 17.2. The second kappa shape index (κ2) is 2.92. The number of imidazole rings is 1. The van der Waals surface area contributed by atoms with E-state index in [-0.39, 0.29) is 0 Å². The molecular formula is C9H9ClN4. The van der Waals surface area contributed by atoms with Gasteiger partial charge in [-0.1, -0.05) is 11.6 Å². The van der Waals surface area contributed by atoms with E-state index in [9.17, 15) is 0 Å². The molecule has 0 N–H and O–H groups in total. The van der Waals surface area contributed by atoms with Crippen LogP contribution in [0.5, 0.6) is 0 Å². The molecule has 0 amide bonds. The van der Waals surface area contributed by atoms with E-state index in [1.165, 1.54) is 25.5 Å². The lowest BCUT2D eigenvalue weighted by molar-refractivity contribution is 0.319. The van der Waals surface area contributed by atoms with Crippen LogP contribution in [-0.2, 0) is 0 Å². The maximum absolute atomic E-state index is 5.96. The number of nitrogens with zero attached hydrogens (tertiary/aromatic N) is 4.